The largest absolute Gasteiger partial charge is 0.481 e. The number of benzene rings is 2. The minimum Gasteiger partial charge on any atom is -0.481 e. The van der Waals surface area contributed by atoms with Crippen molar-refractivity contribution in [2.75, 3.05) is 13.2 Å². The van der Waals surface area contributed by atoms with Crippen LogP contribution in [0.1, 0.15) is 56.6 Å². The molecule has 2 unspecified atom stereocenters. The molecule has 2 aliphatic rings. The lowest BCUT2D eigenvalue weighted by atomic mass is 9.98. The van der Waals surface area contributed by atoms with Crippen LogP contribution in [-0.2, 0) is 14.3 Å². The lowest BCUT2D eigenvalue weighted by Crippen LogP contribution is -2.51. The fourth-order valence-electron chi connectivity index (χ4n) is 5.27. The summed E-state index contributed by atoms with van der Waals surface area (Å²) in [6.07, 6.45) is 0.941. The first kappa shape index (κ1) is 23.8. The number of likely N-dealkylation sites (tertiary alicyclic amines) is 1. The van der Waals surface area contributed by atoms with Gasteiger partial charge in [0.1, 0.15) is 12.6 Å². The Morgan fingerprint density at radius 1 is 1.06 bits per heavy atom. The summed E-state index contributed by atoms with van der Waals surface area (Å²) in [5.41, 5.74) is 4.48. The number of carboxylic acids is 1. The van der Waals surface area contributed by atoms with E-state index in [0.717, 1.165) is 35.1 Å². The molecule has 1 saturated heterocycles. The summed E-state index contributed by atoms with van der Waals surface area (Å²) in [4.78, 5) is 39.0. The Labute approximate surface area is 200 Å². The second-order valence-electron chi connectivity index (χ2n) is 9.44. The van der Waals surface area contributed by atoms with Gasteiger partial charge in [0, 0.05) is 24.9 Å². The van der Waals surface area contributed by atoms with Gasteiger partial charge in [-0.15, -0.1) is 0 Å². The topological polar surface area (TPSA) is 95.9 Å². The maximum Gasteiger partial charge on any atom is 0.407 e. The lowest BCUT2D eigenvalue weighted by molar-refractivity contribution is -0.138. The van der Waals surface area contributed by atoms with Gasteiger partial charge in [0.25, 0.3) is 0 Å². The van der Waals surface area contributed by atoms with Gasteiger partial charge in [-0.25, -0.2) is 4.79 Å². The van der Waals surface area contributed by atoms with Gasteiger partial charge < -0.3 is 20.1 Å². The molecular formula is C27H32N2O5. The van der Waals surface area contributed by atoms with Crippen LogP contribution in [0.4, 0.5) is 4.79 Å². The Balaban J connectivity index is 1.44. The molecule has 2 aromatic rings. The van der Waals surface area contributed by atoms with E-state index in [4.69, 9.17) is 9.84 Å². The Morgan fingerprint density at radius 2 is 1.68 bits per heavy atom. The molecule has 34 heavy (non-hydrogen) atoms. The number of rotatable bonds is 8. The van der Waals surface area contributed by atoms with Gasteiger partial charge in [-0.1, -0.05) is 62.4 Å². The van der Waals surface area contributed by atoms with E-state index < -0.39 is 18.1 Å². The number of aliphatic carboxylic acids is 1. The zero-order valence-corrected chi connectivity index (χ0v) is 19.7. The minimum atomic E-state index is -1.01. The van der Waals surface area contributed by atoms with E-state index in [1.807, 2.05) is 36.4 Å². The standard InChI is InChI=1S/C27H32N2O5/c1-17(2)24-12-7-15-29(24)26(32)23(13-14-25(30)31)28-27(33)34-16-22-20-10-5-3-8-18(20)19-9-4-6-11-21(19)22/h3-6,8-11,17,22-24H,7,12-16H2,1-2H3,(H,28,33)(H,30,31). The molecule has 1 heterocycles. The Bertz CT molecular complexity index is 1020. The molecule has 0 saturated carbocycles. The van der Waals surface area contributed by atoms with Crippen molar-refractivity contribution in [2.45, 2.75) is 57.5 Å². The van der Waals surface area contributed by atoms with E-state index in [9.17, 15) is 14.4 Å². The van der Waals surface area contributed by atoms with Crippen molar-refractivity contribution in [1.29, 1.82) is 0 Å². The maximum absolute atomic E-state index is 13.3. The normalized spacial score (nSPS) is 17.9. The zero-order valence-electron chi connectivity index (χ0n) is 19.7. The second kappa shape index (κ2) is 10.3. The number of fused-ring (bicyclic) bond motifs is 3. The van der Waals surface area contributed by atoms with Crippen molar-refractivity contribution >= 4 is 18.0 Å². The molecule has 0 bridgehead atoms. The Morgan fingerprint density at radius 3 is 2.26 bits per heavy atom. The van der Waals surface area contributed by atoms with Crippen molar-refractivity contribution in [1.82, 2.24) is 10.2 Å². The van der Waals surface area contributed by atoms with Gasteiger partial charge in [0.15, 0.2) is 0 Å². The molecule has 180 valence electrons. The van der Waals surface area contributed by atoms with E-state index in [1.54, 1.807) is 4.90 Å². The molecule has 2 atom stereocenters. The summed E-state index contributed by atoms with van der Waals surface area (Å²) < 4.78 is 5.60. The van der Waals surface area contributed by atoms with Crippen molar-refractivity contribution in [2.24, 2.45) is 5.92 Å². The molecule has 1 fully saturated rings. The highest BCUT2D eigenvalue weighted by Gasteiger charge is 2.36. The van der Waals surface area contributed by atoms with E-state index in [0.29, 0.717) is 12.5 Å². The van der Waals surface area contributed by atoms with Gasteiger partial charge in [0.2, 0.25) is 5.91 Å². The third-order valence-electron chi connectivity index (χ3n) is 6.93. The van der Waals surface area contributed by atoms with Crippen LogP contribution in [0.5, 0.6) is 0 Å². The summed E-state index contributed by atoms with van der Waals surface area (Å²) in [6.45, 7) is 4.90. The van der Waals surface area contributed by atoms with Crippen molar-refractivity contribution < 1.29 is 24.2 Å². The predicted octanol–water partition coefficient (Wildman–Crippen LogP) is 4.41. The number of carboxylic acid groups (broad SMARTS) is 1. The Kier molecular flexibility index (Phi) is 7.20. The first-order valence-corrected chi connectivity index (χ1v) is 12.0. The summed E-state index contributed by atoms with van der Waals surface area (Å²) in [5.74, 6) is -1.03. The van der Waals surface area contributed by atoms with Crippen LogP contribution in [-0.4, -0.2) is 53.2 Å². The van der Waals surface area contributed by atoms with Crippen LogP contribution in [0.15, 0.2) is 48.5 Å². The zero-order chi connectivity index (χ0) is 24.2. The average Bonchev–Trinajstić information content (AvgIpc) is 3.43. The summed E-state index contributed by atoms with van der Waals surface area (Å²) in [7, 11) is 0. The van der Waals surface area contributed by atoms with Gasteiger partial charge in [-0.2, -0.15) is 0 Å². The summed E-state index contributed by atoms with van der Waals surface area (Å²) in [6, 6.07) is 15.3. The molecular weight excluding hydrogens is 432 g/mol. The highest BCUT2D eigenvalue weighted by atomic mass is 16.5. The highest BCUT2D eigenvalue weighted by Crippen LogP contribution is 2.44. The van der Waals surface area contributed by atoms with E-state index in [2.05, 4.69) is 31.3 Å². The molecule has 0 aromatic heterocycles. The minimum absolute atomic E-state index is 0.0275. The molecule has 7 nitrogen and oxygen atoms in total. The smallest absolute Gasteiger partial charge is 0.407 e. The van der Waals surface area contributed by atoms with Crippen LogP contribution in [0, 0.1) is 5.92 Å². The molecule has 2 aromatic carbocycles. The van der Waals surface area contributed by atoms with E-state index >= 15 is 0 Å². The van der Waals surface area contributed by atoms with Gasteiger partial charge in [-0.05, 0) is 47.4 Å². The number of carbonyl (C=O) groups excluding carboxylic acids is 2. The number of hydrogen-bond acceptors (Lipinski definition) is 4. The molecule has 2 N–H and O–H groups in total. The monoisotopic (exact) mass is 464 g/mol. The van der Waals surface area contributed by atoms with Crippen molar-refractivity contribution in [3.63, 3.8) is 0 Å². The summed E-state index contributed by atoms with van der Waals surface area (Å²) >= 11 is 0. The number of alkyl carbamates (subject to hydrolysis) is 1. The van der Waals surface area contributed by atoms with Gasteiger partial charge in [0.05, 0.1) is 0 Å². The van der Waals surface area contributed by atoms with Crippen molar-refractivity contribution in [3.8, 4) is 11.1 Å². The molecule has 1 aliphatic heterocycles. The third kappa shape index (κ3) is 4.93. The number of hydrogen-bond donors (Lipinski definition) is 2. The maximum atomic E-state index is 13.3. The van der Waals surface area contributed by atoms with Crippen LogP contribution in [0.25, 0.3) is 11.1 Å². The third-order valence-corrected chi connectivity index (χ3v) is 6.93. The second-order valence-corrected chi connectivity index (χ2v) is 9.44. The number of ether oxygens (including phenoxy) is 1. The van der Waals surface area contributed by atoms with Gasteiger partial charge >= 0.3 is 12.1 Å². The summed E-state index contributed by atoms with van der Waals surface area (Å²) in [5, 5.41) is 11.8. The highest BCUT2D eigenvalue weighted by molar-refractivity contribution is 5.87. The van der Waals surface area contributed by atoms with Crippen LogP contribution in [0.2, 0.25) is 0 Å². The van der Waals surface area contributed by atoms with Crippen molar-refractivity contribution in [3.05, 3.63) is 59.7 Å². The average molecular weight is 465 g/mol. The molecule has 4 rings (SSSR count). The van der Waals surface area contributed by atoms with Gasteiger partial charge in [-0.3, -0.25) is 9.59 Å². The van der Waals surface area contributed by atoms with Crippen LogP contribution >= 0.6 is 0 Å². The molecule has 2 amide bonds. The quantitative estimate of drug-likeness (QED) is 0.604. The molecule has 0 spiro atoms. The van der Waals surface area contributed by atoms with E-state index in [-0.39, 0.29) is 37.3 Å². The lowest BCUT2D eigenvalue weighted by Gasteiger charge is -2.31. The number of nitrogens with one attached hydrogen (secondary N) is 1. The van der Waals surface area contributed by atoms with E-state index in [1.165, 1.54) is 0 Å². The van der Waals surface area contributed by atoms with Crippen LogP contribution in [0.3, 0.4) is 0 Å². The fraction of sp³-hybridized carbons (Fsp3) is 0.444. The number of nitrogens with zero attached hydrogens (tertiary/aromatic N) is 1. The SMILES string of the molecule is CC(C)C1CCCN1C(=O)C(CCC(=O)O)NC(=O)OCC1c2ccccc2-c2ccccc21. The molecule has 0 radical (unpaired) electrons. The first-order valence-electron chi connectivity index (χ1n) is 12.0. The number of amides is 2. The Hall–Kier alpha value is -3.35. The number of carbonyl (C=O) groups is 3. The van der Waals surface area contributed by atoms with Crippen LogP contribution < -0.4 is 5.32 Å². The molecule has 7 heteroatoms. The fourth-order valence-corrected chi connectivity index (χ4v) is 5.27. The first-order chi connectivity index (χ1) is 16.4. The molecule has 1 aliphatic carbocycles. The predicted molar refractivity (Wildman–Crippen MR) is 128 cm³/mol.